The molecular formula is C20H19F4N3OS. The lowest BCUT2D eigenvalue weighted by Gasteiger charge is -2.12. The molecule has 1 N–H and O–H groups in total. The van der Waals surface area contributed by atoms with Crippen LogP contribution in [0.15, 0.2) is 42.0 Å². The Balaban J connectivity index is 1.90. The second-order valence-electron chi connectivity index (χ2n) is 7.06. The van der Waals surface area contributed by atoms with E-state index in [-0.39, 0.29) is 12.5 Å². The van der Waals surface area contributed by atoms with E-state index in [2.05, 4.69) is 10.3 Å². The van der Waals surface area contributed by atoms with E-state index in [0.29, 0.717) is 22.3 Å². The van der Waals surface area contributed by atoms with Crippen LogP contribution < -0.4 is 5.32 Å². The van der Waals surface area contributed by atoms with Crippen molar-refractivity contribution in [3.05, 3.63) is 70.2 Å². The molecule has 0 unspecified atom stereocenters. The van der Waals surface area contributed by atoms with Crippen molar-refractivity contribution in [2.75, 3.05) is 5.32 Å². The number of rotatable bonds is 6. The van der Waals surface area contributed by atoms with E-state index in [1.54, 1.807) is 28.4 Å². The third-order valence-corrected chi connectivity index (χ3v) is 4.86. The monoisotopic (exact) mass is 425 g/mol. The van der Waals surface area contributed by atoms with Crippen LogP contribution >= 0.6 is 11.3 Å². The average molecular weight is 425 g/mol. The number of aromatic nitrogens is 2. The maximum absolute atomic E-state index is 13.9. The summed E-state index contributed by atoms with van der Waals surface area (Å²) in [5.74, 6) is -1.37. The molecule has 154 valence electrons. The Kier molecular flexibility index (Phi) is 6.07. The van der Waals surface area contributed by atoms with Gasteiger partial charge in [-0.1, -0.05) is 19.9 Å². The van der Waals surface area contributed by atoms with Gasteiger partial charge in [0.05, 0.1) is 5.56 Å². The molecule has 0 spiro atoms. The minimum absolute atomic E-state index is 0.0633. The van der Waals surface area contributed by atoms with E-state index in [0.717, 1.165) is 24.1 Å². The van der Waals surface area contributed by atoms with Crippen LogP contribution in [0.2, 0.25) is 0 Å². The number of anilines is 1. The van der Waals surface area contributed by atoms with E-state index in [4.69, 9.17) is 0 Å². The number of hydrogen-bond acceptors (Lipinski definition) is 3. The first kappa shape index (κ1) is 21.0. The molecule has 3 rings (SSSR count). The quantitative estimate of drug-likeness (QED) is 0.523. The molecule has 2 heterocycles. The number of hydrogen-bond donors (Lipinski definition) is 1. The summed E-state index contributed by atoms with van der Waals surface area (Å²) in [6.45, 7) is 4.14. The predicted molar refractivity (Wildman–Crippen MR) is 104 cm³/mol. The van der Waals surface area contributed by atoms with E-state index in [9.17, 15) is 22.4 Å². The first-order chi connectivity index (χ1) is 13.6. The summed E-state index contributed by atoms with van der Waals surface area (Å²) in [5.41, 5.74) is 0.259. The molecule has 1 aromatic carbocycles. The summed E-state index contributed by atoms with van der Waals surface area (Å²) in [5, 5.41) is 4.86. The molecule has 0 aliphatic heterocycles. The van der Waals surface area contributed by atoms with Crippen LogP contribution in [-0.2, 0) is 19.1 Å². The normalized spacial score (nSPS) is 11.8. The van der Waals surface area contributed by atoms with Gasteiger partial charge in [-0.05, 0) is 41.7 Å². The summed E-state index contributed by atoms with van der Waals surface area (Å²) >= 11 is 1.27. The lowest BCUT2D eigenvalue weighted by molar-refractivity contribution is -0.140. The number of nitrogens with one attached hydrogen (secondary N) is 1. The highest BCUT2D eigenvalue weighted by Gasteiger charge is 2.33. The lowest BCUT2D eigenvalue weighted by atomic mass is 10.1. The van der Waals surface area contributed by atoms with Crippen molar-refractivity contribution in [1.29, 1.82) is 0 Å². The van der Waals surface area contributed by atoms with Gasteiger partial charge in [-0.3, -0.25) is 10.1 Å². The molecule has 1 amide bonds. The standard InChI is InChI=1S/C20H19F4N3OS/c1-12(2)7-14-9-17(18(28)26-19-25-5-6-29-19)27(11-14)10-13-3-4-15(16(21)8-13)20(22,23)24/h3-6,8-9,11-12H,7,10H2,1-2H3,(H,25,26,28). The summed E-state index contributed by atoms with van der Waals surface area (Å²) < 4.78 is 53.9. The number of nitrogens with zero attached hydrogens (tertiary/aromatic N) is 2. The first-order valence-corrected chi connectivity index (χ1v) is 9.77. The van der Waals surface area contributed by atoms with E-state index in [1.165, 1.54) is 17.4 Å². The zero-order chi connectivity index (χ0) is 21.2. The van der Waals surface area contributed by atoms with Crippen LogP contribution in [-0.4, -0.2) is 15.5 Å². The van der Waals surface area contributed by atoms with Crippen LogP contribution in [0.25, 0.3) is 0 Å². The SMILES string of the molecule is CC(C)Cc1cc(C(=O)Nc2nccs2)n(Cc2ccc(C(F)(F)F)c(F)c2)c1. The molecule has 0 saturated heterocycles. The number of carbonyl (C=O) groups is 1. The van der Waals surface area contributed by atoms with Crippen molar-refractivity contribution in [2.24, 2.45) is 5.92 Å². The number of carbonyl (C=O) groups excluding carboxylic acids is 1. The highest BCUT2D eigenvalue weighted by molar-refractivity contribution is 7.13. The molecule has 2 aromatic heterocycles. The maximum Gasteiger partial charge on any atom is 0.419 e. The number of amides is 1. The van der Waals surface area contributed by atoms with Crippen LogP contribution in [0, 0.1) is 11.7 Å². The molecule has 29 heavy (non-hydrogen) atoms. The van der Waals surface area contributed by atoms with Gasteiger partial charge in [-0.2, -0.15) is 13.2 Å². The Morgan fingerprint density at radius 1 is 1.24 bits per heavy atom. The largest absolute Gasteiger partial charge is 0.419 e. The molecule has 0 saturated carbocycles. The van der Waals surface area contributed by atoms with E-state index >= 15 is 0 Å². The van der Waals surface area contributed by atoms with Crippen molar-refractivity contribution < 1.29 is 22.4 Å². The van der Waals surface area contributed by atoms with Crippen molar-refractivity contribution >= 4 is 22.4 Å². The molecule has 9 heteroatoms. The van der Waals surface area contributed by atoms with Gasteiger partial charge in [0.15, 0.2) is 5.13 Å². The molecule has 0 aliphatic carbocycles. The highest BCUT2D eigenvalue weighted by Crippen LogP contribution is 2.31. The Bertz CT molecular complexity index is 994. The van der Waals surface area contributed by atoms with Gasteiger partial charge in [0.2, 0.25) is 0 Å². The Morgan fingerprint density at radius 2 is 2.00 bits per heavy atom. The predicted octanol–water partition coefficient (Wildman–Crippen LogP) is 5.60. The highest BCUT2D eigenvalue weighted by atomic mass is 32.1. The number of benzene rings is 1. The van der Waals surface area contributed by atoms with Crippen molar-refractivity contribution in [2.45, 2.75) is 33.0 Å². The molecule has 4 nitrogen and oxygen atoms in total. The van der Waals surface area contributed by atoms with E-state index in [1.807, 2.05) is 13.8 Å². The maximum atomic E-state index is 13.9. The van der Waals surface area contributed by atoms with Crippen LogP contribution in [0.1, 0.15) is 41.0 Å². The van der Waals surface area contributed by atoms with Crippen molar-refractivity contribution in [3.8, 4) is 0 Å². The average Bonchev–Trinajstić information content (AvgIpc) is 3.23. The minimum atomic E-state index is -4.75. The summed E-state index contributed by atoms with van der Waals surface area (Å²) in [4.78, 5) is 16.7. The summed E-state index contributed by atoms with van der Waals surface area (Å²) in [6.07, 6.45) is -0.688. The number of alkyl halides is 3. The fourth-order valence-corrected chi connectivity index (χ4v) is 3.53. The first-order valence-electron chi connectivity index (χ1n) is 8.89. The molecule has 0 atom stereocenters. The van der Waals surface area contributed by atoms with Crippen LogP contribution in [0.4, 0.5) is 22.7 Å². The summed E-state index contributed by atoms with van der Waals surface area (Å²) in [7, 11) is 0. The van der Waals surface area contributed by atoms with Crippen molar-refractivity contribution in [1.82, 2.24) is 9.55 Å². The molecule has 3 aromatic rings. The fraction of sp³-hybridized carbons (Fsp3) is 0.300. The zero-order valence-corrected chi connectivity index (χ0v) is 16.6. The second-order valence-corrected chi connectivity index (χ2v) is 7.96. The van der Waals surface area contributed by atoms with Gasteiger partial charge in [0.1, 0.15) is 11.5 Å². The lowest BCUT2D eigenvalue weighted by Crippen LogP contribution is -2.17. The third kappa shape index (κ3) is 5.23. The second kappa shape index (κ2) is 8.36. The molecule has 0 aliphatic rings. The van der Waals surface area contributed by atoms with Crippen molar-refractivity contribution in [3.63, 3.8) is 0 Å². The minimum Gasteiger partial charge on any atom is -0.339 e. The van der Waals surface area contributed by atoms with Gasteiger partial charge < -0.3 is 4.57 Å². The smallest absolute Gasteiger partial charge is 0.339 e. The Labute approximate surface area is 169 Å². The zero-order valence-electron chi connectivity index (χ0n) is 15.8. The number of thiazole rings is 1. The Hall–Kier alpha value is -2.68. The van der Waals surface area contributed by atoms with E-state index < -0.39 is 17.6 Å². The fourth-order valence-electron chi connectivity index (χ4n) is 3.01. The van der Waals surface area contributed by atoms with Crippen LogP contribution in [0.3, 0.4) is 0 Å². The van der Waals surface area contributed by atoms with Gasteiger partial charge >= 0.3 is 6.18 Å². The molecule has 0 bridgehead atoms. The van der Waals surface area contributed by atoms with Gasteiger partial charge in [-0.25, -0.2) is 9.37 Å². The topological polar surface area (TPSA) is 46.9 Å². The third-order valence-electron chi connectivity index (χ3n) is 4.17. The Morgan fingerprint density at radius 3 is 2.59 bits per heavy atom. The number of halogens is 4. The van der Waals surface area contributed by atoms with Gasteiger partial charge in [0, 0.05) is 24.3 Å². The molecular weight excluding hydrogens is 406 g/mol. The van der Waals surface area contributed by atoms with Gasteiger partial charge in [0.25, 0.3) is 5.91 Å². The summed E-state index contributed by atoms with van der Waals surface area (Å²) in [6, 6.07) is 4.53. The van der Waals surface area contributed by atoms with Gasteiger partial charge in [-0.15, -0.1) is 11.3 Å². The molecule has 0 fully saturated rings. The van der Waals surface area contributed by atoms with Crippen LogP contribution in [0.5, 0.6) is 0 Å². The molecule has 0 radical (unpaired) electrons.